The summed E-state index contributed by atoms with van der Waals surface area (Å²) in [7, 11) is 0. The lowest BCUT2D eigenvalue weighted by atomic mass is 10.2. The molecule has 2 unspecified atom stereocenters. The van der Waals surface area contributed by atoms with E-state index in [2.05, 4.69) is 21.0 Å². The zero-order valence-electron chi connectivity index (χ0n) is 9.40. The molecule has 1 heterocycles. The fourth-order valence-electron chi connectivity index (χ4n) is 2.61. The van der Waals surface area contributed by atoms with Gasteiger partial charge >= 0.3 is 0 Å². The molecule has 0 saturated heterocycles. The fourth-order valence-corrected chi connectivity index (χ4v) is 3.66. The highest BCUT2D eigenvalue weighted by Crippen LogP contribution is 2.44. The fraction of sp³-hybridized carbons (Fsp3) is 0.818. The summed E-state index contributed by atoms with van der Waals surface area (Å²) in [6.07, 6.45) is 8.45. The summed E-state index contributed by atoms with van der Waals surface area (Å²) >= 11 is 8.14. The third kappa shape index (κ3) is 1.86. The summed E-state index contributed by atoms with van der Waals surface area (Å²) in [6, 6.07) is 0.538. The number of rotatable bonds is 3. The van der Waals surface area contributed by atoms with E-state index < -0.39 is 0 Å². The summed E-state index contributed by atoms with van der Waals surface area (Å²) in [4.78, 5) is 0. The first kappa shape index (κ1) is 10.9. The molecule has 2 fully saturated rings. The molecule has 0 aromatic carbocycles. The molecule has 16 heavy (non-hydrogen) atoms. The van der Waals surface area contributed by atoms with Crippen LogP contribution in [0.15, 0.2) is 0 Å². The molecule has 2 aliphatic rings. The summed E-state index contributed by atoms with van der Waals surface area (Å²) < 4.78 is 2.20. The van der Waals surface area contributed by atoms with Gasteiger partial charge in [0.1, 0.15) is 5.82 Å². The van der Waals surface area contributed by atoms with Gasteiger partial charge in [0.05, 0.1) is 0 Å². The number of halogens is 1. The Kier molecular flexibility index (Phi) is 2.88. The highest BCUT2D eigenvalue weighted by molar-refractivity contribution is 7.99. The van der Waals surface area contributed by atoms with Crippen molar-refractivity contribution in [3.8, 4) is 0 Å². The highest BCUT2D eigenvalue weighted by atomic mass is 35.5. The number of nitrogens with zero attached hydrogens (tertiary/aromatic N) is 3. The Balaban J connectivity index is 1.85. The lowest BCUT2D eigenvalue weighted by Gasteiger charge is -2.15. The van der Waals surface area contributed by atoms with Crippen molar-refractivity contribution in [1.29, 1.82) is 0 Å². The molecule has 0 amide bonds. The number of aromatic nitrogens is 3. The van der Waals surface area contributed by atoms with E-state index in [-0.39, 0.29) is 0 Å². The minimum atomic E-state index is 0.538. The molecule has 0 aliphatic heterocycles. The lowest BCUT2D eigenvalue weighted by Crippen LogP contribution is -2.10. The Morgan fingerprint density at radius 2 is 2.06 bits per heavy atom. The predicted octanol–water partition coefficient (Wildman–Crippen LogP) is 3.27. The summed E-state index contributed by atoms with van der Waals surface area (Å²) in [5.74, 6) is 1.77. The van der Waals surface area contributed by atoms with Gasteiger partial charge < -0.3 is 0 Å². The van der Waals surface area contributed by atoms with Gasteiger partial charge in [-0.1, -0.05) is 0 Å². The molecule has 3 nitrogen and oxygen atoms in total. The number of hydrogen-bond donors (Lipinski definition) is 0. The number of hydrogen-bond acceptors (Lipinski definition) is 3. The first-order valence-corrected chi connectivity index (χ1v) is 7.59. The maximum absolute atomic E-state index is 6.17. The van der Waals surface area contributed by atoms with Crippen LogP contribution in [-0.4, -0.2) is 26.3 Å². The van der Waals surface area contributed by atoms with Gasteiger partial charge in [-0.2, -0.15) is 11.8 Å². The Morgan fingerprint density at radius 3 is 2.69 bits per heavy atom. The topological polar surface area (TPSA) is 30.7 Å². The van der Waals surface area contributed by atoms with Crippen LogP contribution in [0, 0.1) is 0 Å². The van der Waals surface area contributed by atoms with Crippen molar-refractivity contribution in [2.75, 3.05) is 6.26 Å². The van der Waals surface area contributed by atoms with Gasteiger partial charge in [-0.25, -0.2) is 0 Å². The van der Waals surface area contributed by atoms with Gasteiger partial charge in [0, 0.05) is 17.2 Å². The van der Waals surface area contributed by atoms with Crippen molar-refractivity contribution in [3.63, 3.8) is 0 Å². The molecule has 1 aromatic heterocycles. The largest absolute Gasteiger partial charge is 0.298 e. The smallest absolute Gasteiger partial charge is 0.225 e. The maximum Gasteiger partial charge on any atom is 0.225 e. The maximum atomic E-state index is 6.17. The second-order valence-electron chi connectivity index (χ2n) is 4.80. The molecule has 0 spiro atoms. The zero-order chi connectivity index (χ0) is 11.1. The molecule has 2 aliphatic carbocycles. The quantitative estimate of drug-likeness (QED) is 0.833. The van der Waals surface area contributed by atoms with Crippen molar-refractivity contribution in [3.05, 3.63) is 11.1 Å². The molecular weight excluding hydrogens is 242 g/mol. The van der Waals surface area contributed by atoms with Crippen LogP contribution in [0.2, 0.25) is 5.28 Å². The van der Waals surface area contributed by atoms with Crippen molar-refractivity contribution in [2.45, 2.75) is 49.3 Å². The van der Waals surface area contributed by atoms with Crippen molar-refractivity contribution < 1.29 is 0 Å². The Labute approximate surface area is 105 Å². The monoisotopic (exact) mass is 257 g/mol. The Bertz CT molecular complexity index is 389. The molecule has 0 N–H and O–H groups in total. The number of thioether (sulfide) groups is 1. The predicted molar refractivity (Wildman–Crippen MR) is 67.2 cm³/mol. The molecule has 2 saturated carbocycles. The SMILES string of the molecule is CSC1CCC(n2c(Cl)nnc2C2CC2)C1. The summed E-state index contributed by atoms with van der Waals surface area (Å²) in [6.45, 7) is 0. The van der Waals surface area contributed by atoms with Crippen LogP contribution in [0.25, 0.3) is 0 Å². The van der Waals surface area contributed by atoms with Crippen LogP contribution >= 0.6 is 23.4 Å². The molecule has 0 radical (unpaired) electrons. The molecule has 1 aromatic rings. The van der Waals surface area contributed by atoms with Gasteiger partial charge in [-0.05, 0) is 50.0 Å². The van der Waals surface area contributed by atoms with Crippen LogP contribution in [-0.2, 0) is 0 Å². The van der Waals surface area contributed by atoms with E-state index in [1.165, 1.54) is 32.1 Å². The van der Waals surface area contributed by atoms with E-state index in [0.717, 1.165) is 11.1 Å². The van der Waals surface area contributed by atoms with Gasteiger partial charge in [0.2, 0.25) is 5.28 Å². The molecule has 3 rings (SSSR count). The van der Waals surface area contributed by atoms with Gasteiger partial charge in [0.15, 0.2) is 0 Å². The zero-order valence-corrected chi connectivity index (χ0v) is 11.0. The average Bonchev–Trinajstić information content (AvgIpc) is 2.89. The van der Waals surface area contributed by atoms with Crippen molar-refractivity contribution in [1.82, 2.24) is 14.8 Å². The first-order chi connectivity index (χ1) is 7.79. The molecule has 0 bridgehead atoms. The summed E-state index contributed by atoms with van der Waals surface area (Å²) in [5, 5.41) is 9.67. The molecule has 5 heteroatoms. The van der Waals surface area contributed by atoms with Crippen LogP contribution in [0.5, 0.6) is 0 Å². The minimum Gasteiger partial charge on any atom is -0.298 e. The van der Waals surface area contributed by atoms with Crippen molar-refractivity contribution in [2.24, 2.45) is 0 Å². The van der Waals surface area contributed by atoms with Crippen LogP contribution < -0.4 is 0 Å². The third-order valence-corrected chi connectivity index (χ3v) is 5.03. The van der Waals surface area contributed by atoms with E-state index >= 15 is 0 Å². The highest BCUT2D eigenvalue weighted by Gasteiger charge is 2.35. The molecular formula is C11H16ClN3S. The third-order valence-electron chi connectivity index (χ3n) is 3.68. The van der Waals surface area contributed by atoms with Gasteiger partial charge in [0.25, 0.3) is 0 Å². The summed E-state index contributed by atoms with van der Waals surface area (Å²) in [5.41, 5.74) is 0. The normalized spacial score (nSPS) is 29.9. The van der Waals surface area contributed by atoms with Crippen molar-refractivity contribution >= 4 is 23.4 Å². The van der Waals surface area contributed by atoms with E-state index in [4.69, 9.17) is 11.6 Å². The Morgan fingerprint density at radius 1 is 1.25 bits per heavy atom. The molecule has 88 valence electrons. The van der Waals surface area contributed by atoms with E-state index in [1.54, 1.807) is 0 Å². The van der Waals surface area contributed by atoms with E-state index in [9.17, 15) is 0 Å². The second kappa shape index (κ2) is 4.22. The average molecular weight is 258 g/mol. The standard InChI is InChI=1S/C11H16ClN3S/c1-16-9-5-4-8(6-9)15-10(7-2-3-7)13-14-11(15)12/h7-9H,2-6H2,1H3. The molecule has 2 atom stereocenters. The van der Waals surface area contributed by atoms with Crippen LogP contribution in [0.1, 0.15) is 49.9 Å². The van der Waals surface area contributed by atoms with E-state index in [1.807, 2.05) is 11.8 Å². The van der Waals surface area contributed by atoms with Crippen LogP contribution in [0.3, 0.4) is 0 Å². The van der Waals surface area contributed by atoms with Gasteiger partial charge in [-0.15, -0.1) is 10.2 Å². The lowest BCUT2D eigenvalue weighted by molar-refractivity contribution is 0.498. The van der Waals surface area contributed by atoms with Crippen LogP contribution in [0.4, 0.5) is 0 Å². The first-order valence-electron chi connectivity index (χ1n) is 5.92. The van der Waals surface area contributed by atoms with E-state index in [0.29, 0.717) is 17.2 Å². The van der Waals surface area contributed by atoms with Gasteiger partial charge in [-0.3, -0.25) is 4.57 Å². The Hall–Kier alpha value is -0.220. The second-order valence-corrected chi connectivity index (χ2v) is 6.27. The minimum absolute atomic E-state index is 0.538.